The Balaban J connectivity index is 1.61. The predicted molar refractivity (Wildman–Crippen MR) is 88.1 cm³/mol. The fourth-order valence-electron chi connectivity index (χ4n) is 2.77. The number of benzene rings is 1. The zero-order chi connectivity index (χ0) is 17.1. The van der Waals surface area contributed by atoms with E-state index in [2.05, 4.69) is 10.2 Å². The quantitative estimate of drug-likeness (QED) is 0.922. The summed E-state index contributed by atoms with van der Waals surface area (Å²) < 4.78 is 5.10. The fraction of sp³-hybridized carbons (Fsp3) is 0.353. The Kier molecular flexibility index (Phi) is 4.50. The molecule has 0 spiro atoms. The minimum absolute atomic E-state index is 0.0238. The number of aromatic nitrogens is 2. The van der Waals surface area contributed by atoms with Crippen LogP contribution in [0.2, 0.25) is 0 Å². The highest BCUT2D eigenvalue weighted by atomic mass is 16.5. The minimum atomic E-state index is -0.0437. The summed E-state index contributed by atoms with van der Waals surface area (Å²) in [6.45, 7) is 3.90. The Morgan fingerprint density at radius 2 is 1.62 bits per heavy atom. The van der Waals surface area contributed by atoms with Gasteiger partial charge in [0.2, 0.25) is 0 Å². The van der Waals surface area contributed by atoms with Crippen LogP contribution in [0.4, 0.5) is 0 Å². The van der Waals surface area contributed by atoms with Crippen molar-refractivity contribution in [3.8, 4) is 5.75 Å². The van der Waals surface area contributed by atoms with Crippen molar-refractivity contribution in [2.24, 2.45) is 0 Å². The summed E-state index contributed by atoms with van der Waals surface area (Å²) in [7, 11) is 1.59. The Bertz CT molecular complexity index is 731. The zero-order valence-electron chi connectivity index (χ0n) is 13.8. The molecule has 24 heavy (non-hydrogen) atoms. The normalized spacial score (nSPS) is 14.6. The fourth-order valence-corrected chi connectivity index (χ4v) is 2.77. The van der Waals surface area contributed by atoms with Crippen LogP contribution in [-0.4, -0.2) is 65.1 Å². The molecule has 0 unspecified atom stereocenters. The van der Waals surface area contributed by atoms with Crippen LogP contribution in [-0.2, 0) is 0 Å². The van der Waals surface area contributed by atoms with Gasteiger partial charge in [-0.15, -0.1) is 0 Å². The molecular formula is C17H20N4O3. The van der Waals surface area contributed by atoms with E-state index < -0.39 is 0 Å². The molecule has 1 fully saturated rings. The summed E-state index contributed by atoms with van der Waals surface area (Å²) in [4.78, 5) is 28.5. The van der Waals surface area contributed by atoms with Crippen molar-refractivity contribution in [3.63, 3.8) is 0 Å². The molecule has 2 heterocycles. The third kappa shape index (κ3) is 3.10. The van der Waals surface area contributed by atoms with Gasteiger partial charge in [-0.3, -0.25) is 14.7 Å². The first kappa shape index (κ1) is 16.0. The van der Waals surface area contributed by atoms with E-state index in [9.17, 15) is 9.59 Å². The molecule has 1 saturated heterocycles. The monoisotopic (exact) mass is 328 g/mol. The lowest BCUT2D eigenvalue weighted by Gasteiger charge is -2.34. The average molecular weight is 328 g/mol. The number of nitrogens with one attached hydrogen (secondary N) is 1. The summed E-state index contributed by atoms with van der Waals surface area (Å²) in [6.07, 6.45) is 1.55. The minimum Gasteiger partial charge on any atom is -0.497 e. The molecule has 1 aromatic carbocycles. The predicted octanol–water partition coefficient (Wildman–Crippen LogP) is 1.32. The molecule has 0 bridgehead atoms. The smallest absolute Gasteiger partial charge is 0.257 e. The van der Waals surface area contributed by atoms with Gasteiger partial charge in [0.25, 0.3) is 11.8 Å². The van der Waals surface area contributed by atoms with E-state index in [0.29, 0.717) is 37.3 Å². The number of hydrogen-bond donors (Lipinski definition) is 1. The Hall–Kier alpha value is -2.83. The van der Waals surface area contributed by atoms with E-state index in [-0.39, 0.29) is 11.8 Å². The summed E-state index contributed by atoms with van der Waals surface area (Å²) >= 11 is 0. The number of H-pyrrole nitrogens is 1. The third-order valence-electron chi connectivity index (χ3n) is 4.25. The highest BCUT2D eigenvalue weighted by Gasteiger charge is 2.26. The molecule has 0 saturated carbocycles. The number of hydrogen-bond acceptors (Lipinski definition) is 4. The molecule has 7 heteroatoms. The number of aryl methyl sites for hydroxylation is 1. The van der Waals surface area contributed by atoms with Gasteiger partial charge in [-0.1, -0.05) is 0 Å². The molecule has 2 amide bonds. The second kappa shape index (κ2) is 6.74. The van der Waals surface area contributed by atoms with E-state index in [1.165, 1.54) is 0 Å². The van der Waals surface area contributed by atoms with Gasteiger partial charge in [0.15, 0.2) is 0 Å². The van der Waals surface area contributed by atoms with Gasteiger partial charge in [-0.05, 0) is 31.2 Å². The second-order valence-corrected chi connectivity index (χ2v) is 5.72. The number of ether oxygens (including phenoxy) is 1. The highest BCUT2D eigenvalue weighted by Crippen LogP contribution is 2.15. The van der Waals surface area contributed by atoms with Gasteiger partial charge in [-0.2, -0.15) is 5.10 Å². The lowest BCUT2D eigenvalue weighted by Crippen LogP contribution is -2.50. The molecule has 0 atom stereocenters. The number of nitrogens with zero attached hydrogens (tertiary/aromatic N) is 3. The molecule has 1 aliphatic rings. The van der Waals surface area contributed by atoms with Crippen LogP contribution in [0, 0.1) is 6.92 Å². The van der Waals surface area contributed by atoms with Crippen LogP contribution >= 0.6 is 0 Å². The molecule has 2 aromatic rings. The van der Waals surface area contributed by atoms with Crippen LogP contribution in [0.15, 0.2) is 30.5 Å². The van der Waals surface area contributed by atoms with Gasteiger partial charge >= 0.3 is 0 Å². The highest BCUT2D eigenvalue weighted by molar-refractivity contribution is 5.96. The van der Waals surface area contributed by atoms with Crippen molar-refractivity contribution in [3.05, 3.63) is 47.3 Å². The Morgan fingerprint density at radius 3 is 2.12 bits per heavy atom. The largest absolute Gasteiger partial charge is 0.497 e. The lowest BCUT2D eigenvalue weighted by molar-refractivity contribution is 0.0535. The third-order valence-corrected chi connectivity index (χ3v) is 4.25. The number of rotatable bonds is 3. The number of aromatic amines is 1. The van der Waals surface area contributed by atoms with Crippen molar-refractivity contribution in [2.75, 3.05) is 33.3 Å². The first-order chi connectivity index (χ1) is 11.6. The molecule has 1 aliphatic heterocycles. The average Bonchev–Trinajstić information content (AvgIpc) is 3.06. The van der Waals surface area contributed by atoms with Crippen LogP contribution in [0.25, 0.3) is 0 Å². The number of piperazine rings is 1. The van der Waals surface area contributed by atoms with E-state index in [4.69, 9.17) is 4.74 Å². The maximum atomic E-state index is 12.5. The Morgan fingerprint density at radius 1 is 1.04 bits per heavy atom. The van der Waals surface area contributed by atoms with E-state index in [0.717, 1.165) is 11.4 Å². The maximum Gasteiger partial charge on any atom is 0.257 e. The zero-order valence-corrected chi connectivity index (χ0v) is 13.8. The van der Waals surface area contributed by atoms with Crippen molar-refractivity contribution < 1.29 is 14.3 Å². The van der Waals surface area contributed by atoms with Gasteiger partial charge in [0.05, 0.1) is 18.9 Å². The molecule has 1 N–H and O–H groups in total. The first-order valence-electron chi connectivity index (χ1n) is 7.82. The summed E-state index contributed by atoms with van der Waals surface area (Å²) in [5.41, 5.74) is 1.97. The van der Waals surface area contributed by atoms with Crippen LogP contribution in [0.3, 0.4) is 0 Å². The van der Waals surface area contributed by atoms with E-state index in [1.807, 2.05) is 6.92 Å². The lowest BCUT2D eigenvalue weighted by atomic mass is 10.1. The molecule has 7 nitrogen and oxygen atoms in total. The molecular weight excluding hydrogens is 308 g/mol. The SMILES string of the molecule is COc1ccc(C(=O)N2CCN(C(=O)c3cn[nH]c3C)CC2)cc1. The second-order valence-electron chi connectivity index (χ2n) is 5.72. The van der Waals surface area contributed by atoms with Crippen molar-refractivity contribution in [1.82, 2.24) is 20.0 Å². The van der Waals surface area contributed by atoms with Crippen LogP contribution < -0.4 is 4.74 Å². The summed E-state index contributed by atoms with van der Waals surface area (Å²) in [5.74, 6) is 0.652. The van der Waals surface area contributed by atoms with E-state index in [1.54, 1.807) is 47.4 Å². The van der Waals surface area contributed by atoms with E-state index >= 15 is 0 Å². The number of methoxy groups -OCH3 is 1. The number of amides is 2. The van der Waals surface area contributed by atoms with Gasteiger partial charge in [-0.25, -0.2) is 0 Å². The molecule has 1 aromatic heterocycles. The molecule has 3 rings (SSSR count). The van der Waals surface area contributed by atoms with Crippen molar-refractivity contribution >= 4 is 11.8 Å². The summed E-state index contributed by atoms with van der Waals surface area (Å²) in [5, 5.41) is 6.66. The van der Waals surface area contributed by atoms with Gasteiger partial charge < -0.3 is 14.5 Å². The molecule has 126 valence electrons. The number of carbonyl (C=O) groups is 2. The standard InChI is InChI=1S/C17H20N4O3/c1-12-15(11-18-19-12)17(23)21-9-7-20(8-10-21)16(22)13-3-5-14(24-2)6-4-13/h3-6,11H,7-10H2,1-2H3,(H,18,19). The molecule has 0 radical (unpaired) electrons. The van der Waals surface area contributed by atoms with Crippen LogP contribution in [0.1, 0.15) is 26.4 Å². The maximum absolute atomic E-state index is 12.5. The van der Waals surface area contributed by atoms with Crippen molar-refractivity contribution in [1.29, 1.82) is 0 Å². The van der Waals surface area contributed by atoms with Gasteiger partial charge in [0, 0.05) is 37.4 Å². The summed E-state index contributed by atoms with van der Waals surface area (Å²) in [6, 6.07) is 7.06. The first-order valence-corrected chi connectivity index (χ1v) is 7.82. The Labute approximate surface area is 140 Å². The van der Waals surface area contributed by atoms with Crippen molar-refractivity contribution in [2.45, 2.75) is 6.92 Å². The topological polar surface area (TPSA) is 78.5 Å². The molecule has 0 aliphatic carbocycles. The number of carbonyl (C=O) groups excluding carboxylic acids is 2. The van der Waals surface area contributed by atoms with Crippen LogP contribution in [0.5, 0.6) is 5.75 Å². The van der Waals surface area contributed by atoms with Gasteiger partial charge in [0.1, 0.15) is 5.75 Å².